The van der Waals surface area contributed by atoms with Gasteiger partial charge in [0.2, 0.25) is 0 Å². The highest BCUT2D eigenvalue weighted by molar-refractivity contribution is 7.53. The van der Waals surface area contributed by atoms with Crippen molar-refractivity contribution in [3.8, 4) is 0 Å². The summed E-state index contributed by atoms with van der Waals surface area (Å²) in [6.45, 7) is -5.02. The Bertz CT molecular complexity index is 492. The number of rotatable bonds is 5. The van der Waals surface area contributed by atoms with E-state index in [2.05, 4.69) is 0 Å². The van der Waals surface area contributed by atoms with Crippen molar-refractivity contribution in [3.05, 3.63) is 60.7 Å². The first kappa shape index (κ1) is 16.4. The summed E-state index contributed by atoms with van der Waals surface area (Å²) in [5.41, 5.74) is 0. The van der Waals surface area contributed by atoms with Crippen LogP contribution in [0, 0.1) is 0 Å². The fraction of sp³-hybridized carbons (Fsp3) is 0.143. The molecule has 0 aliphatic rings. The molecule has 0 aliphatic carbocycles. The lowest BCUT2D eigenvalue weighted by Gasteiger charge is -2.22. The van der Waals surface area contributed by atoms with Gasteiger partial charge in [0.1, 0.15) is 0 Å². The third-order valence-electron chi connectivity index (χ3n) is 3.15. The predicted octanol–water partition coefficient (Wildman–Crippen LogP) is 4.64. The maximum atomic E-state index is 6.56. The molecule has 0 fully saturated rings. The normalized spacial score (nSPS) is 12.4. The Morgan fingerprint density at radius 3 is 1.15 bits per heavy atom. The van der Waals surface area contributed by atoms with E-state index in [1.54, 1.807) is 0 Å². The molecular weight excluding hydrogens is 366 g/mol. The van der Waals surface area contributed by atoms with E-state index in [1.807, 2.05) is 60.7 Å². The van der Waals surface area contributed by atoms with E-state index >= 15 is 0 Å². The van der Waals surface area contributed by atoms with Gasteiger partial charge in [0, 0.05) is 0 Å². The number of hydrogen-bond donors (Lipinski definition) is 0. The standard InChI is InChI=1S/C14H14Cl4Si2/c15-19(16,13-7-3-1-4-8-13)11-12-20(17,18)14-9-5-2-6-10-14/h1-10H,11-12H2. The maximum absolute atomic E-state index is 6.56. The first-order valence-electron chi connectivity index (χ1n) is 6.28. The average molecular weight is 380 g/mol. The van der Waals surface area contributed by atoms with E-state index in [0.717, 1.165) is 10.4 Å². The molecule has 0 atom stereocenters. The van der Waals surface area contributed by atoms with Gasteiger partial charge in [-0.25, -0.2) is 0 Å². The van der Waals surface area contributed by atoms with Crippen LogP contribution >= 0.6 is 44.3 Å². The Morgan fingerprint density at radius 1 is 0.550 bits per heavy atom. The van der Waals surface area contributed by atoms with Crippen molar-refractivity contribution in [2.45, 2.75) is 12.1 Å². The van der Waals surface area contributed by atoms with Crippen molar-refractivity contribution in [1.82, 2.24) is 0 Å². The molecule has 0 aliphatic heterocycles. The average Bonchev–Trinajstić information content (AvgIpc) is 2.47. The minimum absolute atomic E-state index is 0.661. The zero-order valence-electron chi connectivity index (χ0n) is 10.7. The fourth-order valence-corrected chi connectivity index (χ4v) is 11.3. The van der Waals surface area contributed by atoms with Crippen LogP contribution in [0.25, 0.3) is 0 Å². The molecule has 2 rings (SSSR count). The van der Waals surface area contributed by atoms with Crippen LogP contribution in [0.4, 0.5) is 0 Å². The molecule has 0 amide bonds. The third kappa shape index (κ3) is 4.26. The Balaban J connectivity index is 2.08. The Hall–Kier alpha value is 0.0338. The molecule has 2 aromatic rings. The molecule has 6 heteroatoms. The van der Waals surface area contributed by atoms with Crippen molar-refractivity contribution >= 4 is 68.1 Å². The summed E-state index contributed by atoms with van der Waals surface area (Å²) in [6.07, 6.45) is 0. The van der Waals surface area contributed by atoms with Gasteiger partial charge in [0.15, 0.2) is 0 Å². The lowest BCUT2D eigenvalue weighted by Crippen LogP contribution is -2.42. The van der Waals surface area contributed by atoms with Crippen LogP contribution < -0.4 is 10.4 Å². The fourth-order valence-electron chi connectivity index (χ4n) is 1.97. The Morgan fingerprint density at radius 2 is 0.850 bits per heavy atom. The number of halogens is 4. The van der Waals surface area contributed by atoms with Gasteiger partial charge >= 0.3 is 0 Å². The smallest absolute Gasteiger partial charge is 0.140 e. The van der Waals surface area contributed by atoms with Crippen molar-refractivity contribution in [2.24, 2.45) is 0 Å². The van der Waals surface area contributed by atoms with E-state index in [0.29, 0.717) is 12.1 Å². The molecule has 0 radical (unpaired) electrons. The summed E-state index contributed by atoms with van der Waals surface area (Å²) in [5, 5.41) is 2.02. The molecule has 2 aromatic carbocycles. The second kappa shape index (κ2) is 6.86. The minimum Gasteiger partial charge on any atom is -0.140 e. The van der Waals surface area contributed by atoms with E-state index in [-0.39, 0.29) is 0 Å². The van der Waals surface area contributed by atoms with Gasteiger partial charge in [-0.15, -0.1) is 44.3 Å². The Labute approximate surface area is 140 Å². The highest BCUT2D eigenvalue weighted by Gasteiger charge is 2.38. The monoisotopic (exact) mass is 378 g/mol. The second-order valence-electron chi connectivity index (χ2n) is 4.64. The van der Waals surface area contributed by atoms with Gasteiger partial charge < -0.3 is 0 Å². The van der Waals surface area contributed by atoms with Gasteiger partial charge in [0.25, 0.3) is 13.4 Å². The summed E-state index contributed by atoms with van der Waals surface area (Å²) in [6, 6.07) is 20.9. The molecule has 0 unspecified atom stereocenters. The van der Waals surface area contributed by atoms with Gasteiger partial charge in [-0.1, -0.05) is 60.7 Å². The zero-order chi connectivity index (χ0) is 14.6. The molecule has 0 spiro atoms. The molecule has 0 saturated heterocycles. The van der Waals surface area contributed by atoms with Crippen LogP contribution in [0.3, 0.4) is 0 Å². The molecule has 0 saturated carbocycles. The lowest BCUT2D eigenvalue weighted by atomic mass is 10.4. The molecule has 0 bridgehead atoms. The van der Waals surface area contributed by atoms with E-state index in [1.165, 1.54) is 0 Å². The SMILES string of the molecule is Cl[Si](Cl)(CC[Si](Cl)(Cl)c1ccccc1)c1ccccc1. The van der Waals surface area contributed by atoms with Gasteiger partial charge in [-0.3, -0.25) is 0 Å². The second-order valence-corrected chi connectivity index (χ2v) is 18.5. The van der Waals surface area contributed by atoms with Crippen molar-refractivity contribution in [2.75, 3.05) is 0 Å². The van der Waals surface area contributed by atoms with E-state index in [4.69, 9.17) is 44.3 Å². The highest BCUT2D eigenvalue weighted by Crippen LogP contribution is 2.30. The zero-order valence-corrected chi connectivity index (χ0v) is 15.7. The topological polar surface area (TPSA) is 0 Å². The summed E-state index contributed by atoms with van der Waals surface area (Å²) in [4.78, 5) is 0. The summed E-state index contributed by atoms with van der Waals surface area (Å²) >= 11 is 26.3. The largest absolute Gasteiger partial charge is 0.280 e. The minimum atomic E-state index is -2.51. The maximum Gasteiger partial charge on any atom is 0.280 e. The van der Waals surface area contributed by atoms with Crippen molar-refractivity contribution < 1.29 is 0 Å². The first-order valence-corrected chi connectivity index (χ1v) is 14.7. The van der Waals surface area contributed by atoms with Crippen molar-refractivity contribution in [3.63, 3.8) is 0 Å². The third-order valence-corrected chi connectivity index (χ3v) is 12.6. The van der Waals surface area contributed by atoms with Gasteiger partial charge in [-0.2, -0.15) is 0 Å². The quantitative estimate of drug-likeness (QED) is 0.524. The van der Waals surface area contributed by atoms with E-state index in [9.17, 15) is 0 Å². The predicted molar refractivity (Wildman–Crippen MR) is 96.7 cm³/mol. The molecular formula is C14H14Cl4Si2. The summed E-state index contributed by atoms with van der Waals surface area (Å²) in [5.74, 6) is 0. The number of hydrogen-bond acceptors (Lipinski definition) is 0. The molecule has 0 N–H and O–H groups in total. The molecule has 0 aromatic heterocycles. The van der Waals surface area contributed by atoms with Crippen LogP contribution in [0.2, 0.25) is 12.1 Å². The molecule has 0 heterocycles. The van der Waals surface area contributed by atoms with Crippen LogP contribution in [-0.4, -0.2) is 13.4 Å². The van der Waals surface area contributed by atoms with Crippen LogP contribution in [-0.2, 0) is 0 Å². The Kier molecular flexibility index (Phi) is 5.63. The van der Waals surface area contributed by atoms with Crippen LogP contribution in [0.1, 0.15) is 0 Å². The van der Waals surface area contributed by atoms with Crippen LogP contribution in [0.5, 0.6) is 0 Å². The van der Waals surface area contributed by atoms with Gasteiger partial charge in [-0.05, 0) is 22.5 Å². The lowest BCUT2D eigenvalue weighted by molar-refractivity contribution is 1.39. The number of benzene rings is 2. The highest BCUT2D eigenvalue weighted by atomic mass is 35.7. The molecule has 20 heavy (non-hydrogen) atoms. The van der Waals surface area contributed by atoms with Crippen LogP contribution in [0.15, 0.2) is 60.7 Å². The van der Waals surface area contributed by atoms with Gasteiger partial charge in [0.05, 0.1) is 0 Å². The summed E-state index contributed by atoms with van der Waals surface area (Å²) < 4.78 is 0. The first-order chi connectivity index (χ1) is 9.42. The molecule has 0 nitrogen and oxygen atoms in total. The molecule has 106 valence electrons. The van der Waals surface area contributed by atoms with E-state index < -0.39 is 13.4 Å². The van der Waals surface area contributed by atoms with Crippen molar-refractivity contribution in [1.29, 1.82) is 0 Å². The summed E-state index contributed by atoms with van der Waals surface area (Å²) in [7, 11) is 0.